The van der Waals surface area contributed by atoms with Crippen molar-refractivity contribution in [1.29, 1.82) is 0 Å². The maximum absolute atomic E-state index is 3.56. The minimum Gasteiger partial charge on any atom is -0.317 e. The summed E-state index contributed by atoms with van der Waals surface area (Å²) in [5, 5.41) is 3.56. The quantitative estimate of drug-likeness (QED) is 0.721. The first-order valence-electron chi connectivity index (χ1n) is 8.54. The third-order valence-electron chi connectivity index (χ3n) is 5.23. The molecule has 0 aromatic heterocycles. The first-order chi connectivity index (χ1) is 9.14. The molecule has 0 aliphatic heterocycles. The third-order valence-corrected chi connectivity index (χ3v) is 5.23. The number of hydrogen-bond acceptors (Lipinski definition) is 2. The molecular weight excluding hydrogens is 232 g/mol. The molecule has 0 bridgehead atoms. The van der Waals surface area contributed by atoms with Crippen molar-refractivity contribution < 1.29 is 0 Å². The Labute approximate surface area is 121 Å². The smallest absolute Gasteiger partial charge is 0.0105 e. The number of nitrogens with one attached hydrogen (secondary N) is 1. The lowest BCUT2D eigenvalue weighted by Gasteiger charge is -2.38. The van der Waals surface area contributed by atoms with E-state index in [1.807, 2.05) is 0 Å². The molecule has 1 aliphatic carbocycles. The highest BCUT2D eigenvalue weighted by Gasteiger charge is 2.29. The van der Waals surface area contributed by atoms with Crippen LogP contribution in [0, 0.1) is 17.8 Å². The van der Waals surface area contributed by atoms with E-state index in [1.165, 1.54) is 51.7 Å². The molecule has 3 atom stereocenters. The number of rotatable bonds is 8. The van der Waals surface area contributed by atoms with Gasteiger partial charge in [0.05, 0.1) is 0 Å². The van der Waals surface area contributed by atoms with Gasteiger partial charge in [-0.1, -0.05) is 40.5 Å². The highest BCUT2D eigenvalue weighted by Crippen LogP contribution is 2.29. The van der Waals surface area contributed by atoms with Crippen LogP contribution in [0.15, 0.2) is 0 Å². The third kappa shape index (κ3) is 5.43. The predicted molar refractivity (Wildman–Crippen MR) is 85.5 cm³/mol. The molecule has 1 aliphatic rings. The SMILES string of the molecule is CCC(CC)CN(CC)CC1CC(C)CCC1NC. The van der Waals surface area contributed by atoms with Crippen LogP contribution in [0.1, 0.15) is 59.8 Å². The lowest BCUT2D eigenvalue weighted by molar-refractivity contribution is 0.137. The van der Waals surface area contributed by atoms with Crippen LogP contribution in [0.4, 0.5) is 0 Å². The van der Waals surface area contributed by atoms with Gasteiger partial charge in [0, 0.05) is 19.1 Å². The van der Waals surface area contributed by atoms with Crippen LogP contribution >= 0.6 is 0 Å². The van der Waals surface area contributed by atoms with Crippen LogP contribution in [-0.4, -0.2) is 37.6 Å². The first-order valence-corrected chi connectivity index (χ1v) is 8.54. The molecule has 1 rings (SSSR count). The predicted octanol–water partition coefficient (Wildman–Crippen LogP) is 3.77. The average molecular weight is 268 g/mol. The molecule has 0 spiro atoms. The van der Waals surface area contributed by atoms with Gasteiger partial charge in [0.15, 0.2) is 0 Å². The molecule has 2 heteroatoms. The lowest BCUT2D eigenvalue weighted by atomic mass is 9.78. The fourth-order valence-corrected chi connectivity index (χ4v) is 3.66. The Balaban J connectivity index is 2.52. The summed E-state index contributed by atoms with van der Waals surface area (Å²) >= 11 is 0. The van der Waals surface area contributed by atoms with E-state index in [0.717, 1.165) is 23.8 Å². The summed E-state index contributed by atoms with van der Waals surface area (Å²) in [6.07, 6.45) is 6.82. The van der Waals surface area contributed by atoms with Gasteiger partial charge in [0.2, 0.25) is 0 Å². The number of nitrogens with zero attached hydrogens (tertiary/aromatic N) is 1. The molecule has 19 heavy (non-hydrogen) atoms. The van der Waals surface area contributed by atoms with E-state index >= 15 is 0 Å². The lowest BCUT2D eigenvalue weighted by Crippen LogP contribution is -2.45. The second-order valence-corrected chi connectivity index (χ2v) is 6.61. The van der Waals surface area contributed by atoms with Crippen LogP contribution in [0.25, 0.3) is 0 Å². The highest BCUT2D eigenvalue weighted by molar-refractivity contribution is 4.85. The molecule has 114 valence electrons. The highest BCUT2D eigenvalue weighted by atomic mass is 15.1. The van der Waals surface area contributed by atoms with Crippen LogP contribution in [-0.2, 0) is 0 Å². The van der Waals surface area contributed by atoms with Gasteiger partial charge in [0.25, 0.3) is 0 Å². The zero-order chi connectivity index (χ0) is 14.3. The fourth-order valence-electron chi connectivity index (χ4n) is 3.66. The first kappa shape index (κ1) is 17.0. The summed E-state index contributed by atoms with van der Waals surface area (Å²) in [5.41, 5.74) is 0. The Hall–Kier alpha value is -0.0800. The van der Waals surface area contributed by atoms with Gasteiger partial charge in [-0.25, -0.2) is 0 Å². The minimum atomic E-state index is 0.743. The minimum absolute atomic E-state index is 0.743. The maximum atomic E-state index is 3.56. The summed E-state index contributed by atoms with van der Waals surface area (Å²) in [7, 11) is 2.14. The zero-order valence-electron chi connectivity index (χ0n) is 13.9. The summed E-state index contributed by atoms with van der Waals surface area (Å²) in [4.78, 5) is 2.70. The Morgan fingerprint density at radius 1 is 1.16 bits per heavy atom. The van der Waals surface area contributed by atoms with Crippen molar-refractivity contribution >= 4 is 0 Å². The summed E-state index contributed by atoms with van der Waals surface area (Å²) in [5.74, 6) is 2.65. The van der Waals surface area contributed by atoms with Crippen LogP contribution in [0.2, 0.25) is 0 Å². The fraction of sp³-hybridized carbons (Fsp3) is 1.00. The molecule has 0 saturated heterocycles. The van der Waals surface area contributed by atoms with E-state index < -0.39 is 0 Å². The van der Waals surface area contributed by atoms with E-state index in [2.05, 4.69) is 45.0 Å². The maximum Gasteiger partial charge on any atom is 0.0105 e. The molecule has 1 saturated carbocycles. The molecule has 0 heterocycles. The van der Waals surface area contributed by atoms with E-state index in [1.54, 1.807) is 0 Å². The Morgan fingerprint density at radius 2 is 1.84 bits per heavy atom. The normalized spacial score (nSPS) is 28.3. The standard InChI is InChI=1S/C17H36N2/c1-6-15(7-2)12-19(8-3)13-16-11-14(4)9-10-17(16)18-5/h14-18H,6-13H2,1-5H3. The summed E-state index contributed by atoms with van der Waals surface area (Å²) in [6, 6.07) is 0.743. The van der Waals surface area contributed by atoms with Crippen LogP contribution < -0.4 is 5.32 Å². The summed E-state index contributed by atoms with van der Waals surface area (Å²) in [6.45, 7) is 13.2. The Bertz CT molecular complexity index is 225. The molecule has 0 radical (unpaired) electrons. The van der Waals surface area contributed by atoms with Crippen molar-refractivity contribution in [3.63, 3.8) is 0 Å². The largest absolute Gasteiger partial charge is 0.317 e. The Kier molecular flexibility index (Phi) is 8.01. The van der Waals surface area contributed by atoms with Crippen molar-refractivity contribution in [2.24, 2.45) is 17.8 Å². The van der Waals surface area contributed by atoms with E-state index in [0.29, 0.717) is 0 Å². The van der Waals surface area contributed by atoms with E-state index in [-0.39, 0.29) is 0 Å². The molecule has 3 unspecified atom stereocenters. The molecule has 2 nitrogen and oxygen atoms in total. The van der Waals surface area contributed by atoms with E-state index in [4.69, 9.17) is 0 Å². The molecular formula is C17H36N2. The van der Waals surface area contributed by atoms with Crippen molar-refractivity contribution in [3.05, 3.63) is 0 Å². The van der Waals surface area contributed by atoms with Crippen LogP contribution in [0.3, 0.4) is 0 Å². The monoisotopic (exact) mass is 268 g/mol. The van der Waals surface area contributed by atoms with Gasteiger partial charge in [-0.3, -0.25) is 0 Å². The second kappa shape index (κ2) is 8.97. The molecule has 1 fully saturated rings. The van der Waals surface area contributed by atoms with Gasteiger partial charge in [-0.05, 0) is 50.6 Å². The van der Waals surface area contributed by atoms with Gasteiger partial charge in [-0.2, -0.15) is 0 Å². The molecule has 1 N–H and O–H groups in total. The van der Waals surface area contributed by atoms with Crippen molar-refractivity contribution in [1.82, 2.24) is 10.2 Å². The van der Waals surface area contributed by atoms with Crippen molar-refractivity contribution in [2.75, 3.05) is 26.7 Å². The molecule has 0 amide bonds. The van der Waals surface area contributed by atoms with E-state index in [9.17, 15) is 0 Å². The van der Waals surface area contributed by atoms with Crippen LogP contribution in [0.5, 0.6) is 0 Å². The van der Waals surface area contributed by atoms with Gasteiger partial charge in [0.1, 0.15) is 0 Å². The topological polar surface area (TPSA) is 15.3 Å². The molecule has 0 aromatic rings. The van der Waals surface area contributed by atoms with Crippen molar-refractivity contribution in [3.8, 4) is 0 Å². The Morgan fingerprint density at radius 3 is 2.37 bits per heavy atom. The second-order valence-electron chi connectivity index (χ2n) is 6.61. The van der Waals surface area contributed by atoms with Gasteiger partial charge in [-0.15, -0.1) is 0 Å². The zero-order valence-corrected chi connectivity index (χ0v) is 13.9. The van der Waals surface area contributed by atoms with Crippen molar-refractivity contribution in [2.45, 2.75) is 65.8 Å². The summed E-state index contributed by atoms with van der Waals surface area (Å²) < 4.78 is 0. The van der Waals surface area contributed by atoms with Gasteiger partial charge >= 0.3 is 0 Å². The van der Waals surface area contributed by atoms with Gasteiger partial charge < -0.3 is 10.2 Å². The average Bonchev–Trinajstić information content (AvgIpc) is 2.43. The molecule has 0 aromatic carbocycles. The number of hydrogen-bond donors (Lipinski definition) is 1.